The molecular formula is C20H20N2O3. The molecule has 2 aromatic rings. The Morgan fingerprint density at radius 2 is 2.04 bits per heavy atom. The number of amides is 1. The second-order valence-corrected chi connectivity index (χ2v) is 5.32. The van der Waals surface area contributed by atoms with Crippen molar-refractivity contribution in [2.75, 3.05) is 13.2 Å². The number of phenolic OH excluding ortho intramolecular Hbond substituents is 1. The topological polar surface area (TPSA) is 82.3 Å². The fourth-order valence-electron chi connectivity index (χ4n) is 2.27. The Hall–Kier alpha value is -3.26. The standard InChI is InChI=1S/C20H20N2O3/c1-2-25-19-13-16(8-9-18(19)23)12-17(14-21)20(24)22-11-10-15-6-4-3-5-7-15/h3-9,12-13,23H,2,10-11H2,1H3,(H,22,24)/b17-12-. The third kappa shape index (κ3) is 5.40. The number of rotatable bonds is 7. The largest absolute Gasteiger partial charge is 0.504 e. The minimum absolute atomic E-state index is 0.00111. The highest BCUT2D eigenvalue weighted by atomic mass is 16.5. The second-order valence-electron chi connectivity index (χ2n) is 5.32. The van der Waals surface area contributed by atoms with E-state index in [0.717, 1.165) is 5.56 Å². The van der Waals surface area contributed by atoms with Crippen molar-refractivity contribution < 1.29 is 14.6 Å². The van der Waals surface area contributed by atoms with Crippen LogP contribution in [0.3, 0.4) is 0 Å². The lowest BCUT2D eigenvalue weighted by Gasteiger charge is -2.07. The third-order valence-corrected chi connectivity index (χ3v) is 3.50. The maximum Gasteiger partial charge on any atom is 0.261 e. The van der Waals surface area contributed by atoms with Gasteiger partial charge in [0.1, 0.15) is 11.6 Å². The number of phenols is 1. The minimum atomic E-state index is -0.426. The van der Waals surface area contributed by atoms with Gasteiger partial charge in [-0.1, -0.05) is 36.4 Å². The number of aromatic hydroxyl groups is 1. The van der Waals surface area contributed by atoms with Crippen LogP contribution in [0.2, 0.25) is 0 Å². The van der Waals surface area contributed by atoms with Gasteiger partial charge in [0.15, 0.2) is 11.5 Å². The molecule has 1 amide bonds. The number of hydrogen-bond donors (Lipinski definition) is 2. The molecule has 0 aliphatic carbocycles. The summed E-state index contributed by atoms with van der Waals surface area (Å²) < 4.78 is 5.30. The summed E-state index contributed by atoms with van der Waals surface area (Å²) in [4.78, 5) is 12.2. The van der Waals surface area contributed by atoms with Crippen LogP contribution in [-0.2, 0) is 11.2 Å². The Morgan fingerprint density at radius 1 is 1.28 bits per heavy atom. The average molecular weight is 336 g/mol. The molecule has 2 aromatic carbocycles. The number of ether oxygens (including phenoxy) is 1. The molecular weight excluding hydrogens is 316 g/mol. The fraction of sp³-hybridized carbons (Fsp3) is 0.200. The highest BCUT2D eigenvalue weighted by molar-refractivity contribution is 6.01. The van der Waals surface area contributed by atoms with E-state index in [9.17, 15) is 15.2 Å². The zero-order chi connectivity index (χ0) is 18.1. The SMILES string of the molecule is CCOc1cc(/C=C(/C#N)C(=O)NCCc2ccccc2)ccc1O. The van der Waals surface area contributed by atoms with Crippen molar-refractivity contribution in [2.24, 2.45) is 0 Å². The molecule has 128 valence electrons. The van der Waals surface area contributed by atoms with E-state index >= 15 is 0 Å². The summed E-state index contributed by atoms with van der Waals surface area (Å²) in [5.41, 5.74) is 1.72. The van der Waals surface area contributed by atoms with Crippen LogP contribution >= 0.6 is 0 Å². The molecule has 0 aliphatic rings. The summed E-state index contributed by atoms with van der Waals surface area (Å²) in [7, 11) is 0. The first-order chi connectivity index (χ1) is 12.1. The van der Waals surface area contributed by atoms with Gasteiger partial charge >= 0.3 is 0 Å². The highest BCUT2D eigenvalue weighted by Gasteiger charge is 2.10. The number of nitrogens with one attached hydrogen (secondary N) is 1. The van der Waals surface area contributed by atoms with Gasteiger partial charge in [-0.25, -0.2) is 0 Å². The van der Waals surface area contributed by atoms with Crippen molar-refractivity contribution in [1.82, 2.24) is 5.32 Å². The van der Waals surface area contributed by atoms with Gasteiger partial charge in [0, 0.05) is 6.54 Å². The molecule has 2 rings (SSSR count). The second kappa shape index (κ2) is 9.14. The molecule has 5 nitrogen and oxygen atoms in total. The van der Waals surface area contributed by atoms with Gasteiger partial charge in [-0.3, -0.25) is 4.79 Å². The minimum Gasteiger partial charge on any atom is -0.504 e. The number of carbonyl (C=O) groups excluding carboxylic acids is 1. The molecule has 0 saturated carbocycles. The predicted molar refractivity (Wildman–Crippen MR) is 96.0 cm³/mol. The van der Waals surface area contributed by atoms with E-state index in [-0.39, 0.29) is 11.3 Å². The highest BCUT2D eigenvalue weighted by Crippen LogP contribution is 2.27. The normalized spacial score (nSPS) is 10.8. The van der Waals surface area contributed by atoms with E-state index in [2.05, 4.69) is 5.32 Å². The zero-order valence-electron chi connectivity index (χ0n) is 14.0. The van der Waals surface area contributed by atoms with Crippen molar-refractivity contribution in [1.29, 1.82) is 5.26 Å². The van der Waals surface area contributed by atoms with Gasteiger partial charge in [-0.05, 0) is 42.7 Å². The molecule has 0 atom stereocenters. The maximum absolute atomic E-state index is 12.2. The molecule has 2 N–H and O–H groups in total. The Bertz CT molecular complexity index is 792. The first kappa shape index (κ1) is 18.1. The van der Waals surface area contributed by atoms with E-state index in [4.69, 9.17) is 4.74 Å². The first-order valence-electron chi connectivity index (χ1n) is 8.03. The number of carbonyl (C=O) groups is 1. The molecule has 5 heteroatoms. The summed E-state index contributed by atoms with van der Waals surface area (Å²) >= 11 is 0. The van der Waals surface area contributed by atoms with Crippen LogP contribution in [0.5, 0.6) is 11.5 Å². The van der Waals surface area contributed by atoms with Gasteiger partial charge in [-0.2, -0.15) is 5.26 Å². The Labute approximate surface area is 147 Å². The molecule has 0 fully saturated rings. The van der Waals surface area contributed by atoms with E-state index in [1.165, 1.54) is 12.1 Å². The van der Waals surface area contributed by atoms with Crippen molar-refractivity contribution in [3.05, 3.63) is 65.2 Å². The van der Waals surface area contributed by atoms with Crippen LogP contribution in [0, 0.1) is 11.3 Å². The van der Waals surface area contributed by atoms with E-state index in [0.29, 0.717) is 30.9 Å². The molecule has 0 radical (unpaired) electrons. The van der Waals surface area contributed by atoms with Crippen LogP contribution < -0.4 is 10.1 Å². The molecule has 0 spiro atoms. The molecule has 0 unspecified atom stereocenters. The van der Waals surface area contributed by atoms with Crippen LogP contribution in [-0.4, -0.2) is 24.2 Å². The molecule has 0 saturated heterocycles. The van der Waals surface area contributed by atoms with E-state index in [1.807, 2.05) is 43.3 Å². The summed E-state index contributed by atoms with van der Waals surface area (Å²) in [5, 5.41) is 21.7. The summed E-state index contributed by atoms with van der Waals surface area (Å²) in [6.45, 7) is 2.66. The molecule has 0 aromatic heterocycles. The zero-order valence-corrected chi connectivity index (χ0v) is 14.0. The number of nitriles is 1. The molecule has 0 aliphatic heterocycles. The van der Waals surface area contributed by atoms with Crippen LogP contribution in [0.15, 0.2) is 54.1 Å². The Balaban J connectivity index is 2.02. The van der Waals surface area contributed by atoms with E-state index < -0.39 is 5.91 Å². The van der Waals surface area contributed by atoms with Gasteiger partial charge in [-0.15, -0.1) is 0 Å². The third-order valence-electron chi connectivity index (χ3n) is 3.50. The number of nitrogens with zero attached hydrogens (tertiary/aromatic N) is 1. The Kier molecular flexibility index (Phi) is 6.61. The number of hydrogen-bond acceptors (Lipinski definition) is 4. The lowest BCUT2D eigenvalue weighted by atomic mass is 10.1. The van der Waals surface area contributed by atoms with Crippen LogP contribution in [0.25, 0.3) is 6.08 Å². The monoisotopic (exact) mass is 336 g/mol. The average Bonchev–Trinajstić information content (AvgIpc) is 2.63. The smallest absolute Gasteiger partial charge is 0.261 e. The van der Waals surface area contributed by atoms with Gasteiger partial charge < -0.3 is 15.2 Å². The molecule has 0 bridgehead atoms. The van der Waals surface area contributed by atoms with Crippen molar-refractivity contribution >= 4 is 12.0 Å². The van der Waals surface area contributed by atoms with Crippen LogP contribution in [0.4, 0.5) is 0 Å². The number of benzene rings is 2. The van der Waals surface area contributed by atoms with Crippen LogP contribution in [0.1, 0.15) is 18.1 Å². The molecule has 25 heavy (non-hydrogen) atoms. The lowest BCUT2D eigenvalue weighted by Crippen LogP contribution is -2.26. The summed E-state index contributed by atoms with van der Waals surface area (Å²) in [6, 6.07) is 16.4. The summed E-state index contributed by atoms with van der Waals surface area (Å²) in [5.74, 6) is -0.0905. The maximum atomic E-state index is 12.2. The molecule has 0 heterocycles. The fourth-order valence-corrected chi connectivity index (χ4v) is 2.27. The lowest BCUT2D eigenvalue weighted by molar-refractivity contribution is -0.117. The van der Waals surface area contributed by atoms with Gasteiger partial charge in [0.05, 0.1) is 6.61 Å². The van der Waals surface area contributed by atoms with Crippen molar-refractivity contribution in [3.63, 3.8) is 0 Å². The van der Waals surface area contributed by atoms with Crippen molar-refractivity contribution in [3.8, 4) is 17.6 Å². The van der Waals surface area contributed by atoms with E-state index in [1.54, 1.807) is 12.1 Å². The quantitative estimate of drug-likeness (QED) is 0.601. The van der Waals surface area contributed by atoms with Crippen molar-refractivity contribution in [2.45, 2.75) is 13.3 Å². The predicted octanol–water partition coefficient (Wildman–Crippen LogP) is 3.06. The van der Waals surface area contributed by atoms with Gasteiger partial charge in [0.25, 0.3) is 5.91 Å². The Morgan fingerprint density at radius 3 is 2.72 bits per heavy atom. The summed E-state index contributed by atoms with van der Waals surface area (Å²) in [6.07, 6.45) is 2.17. The van der Waals surface area contributed by atoms with Gasteiger partial charge in [0.2, 0.25) is 0 Å². The first-order valence-corrected chi connectivity index (χ1v) is 8.03.